The number of nitrogens with two attached hydrogens (primary N) is 1. The van der Waals surface area contributed by atoms with Crippen molar-refractivity contribution >= 4 is 11.3 Å². The van der Waals surface area contributed by atoms with Gasteiger partial charge in [-0.1, -0.05) is 0 Å². The number of fused-ring (bicyclic) bond motifs is 1. The van der Waals surface area contributed by atoms with Crippen molar-refractivity contribution in [1.82, 2.24) is 4.98 Å². The van der Waals surface area contributed by atoms with Crippen LogP contribution in [0.5, 0.6) is 0 Å². The summed E-state index contributed by atoms with van der Waals surface area (Å²) >= 11 is 1.41. The lowest BCUT2D eigenvalue weighted by atomic mass is 9.99. The van der Waals surface area contributed by atoms with Crippen molar-refractivity contribution in [1.29, 1.82) is 0 Å². The first-order valence-corrected chi connectivity index (χ1v) is 6.16. The summed E-state index contributed by atoms with van der Waals surface area (Å²) in [6, 6.07) is -0.0774. The second-order valence-corrected chi connectivity index (χ2v) is 5.19. The van der Waals surface area contributed by atoms with E-state index in [0.717, 1.165) is 29.8 Å². The number of ether oxygens (including phenoxy) is 1. The number of nitrogens with zero attached hydrogens (tertiary/aromatic N) is 1. The van der Waals surface area contributed by atoms with E-state index in [1.54, 1.807) is 0 Å². The molecule has 3 nitrogen and oxygen atoms in total. The molecule has 0 saturated heterocycles. The number of thiazole rings is 1. The number of halogens is 3. The fourth-order valence-corrected chi connectivity index (χ4v) is 2.94. The van der Waals surface area contributed by atoms with Gasteiger partial charge in [-0.05, 0) is 19.3 Å². The number of hydrogen-bond donors (Lipinski definition) is 1. The molecule has 1 aliphatic rings. The van der Waals surface area contributed by atoms with Crippen LogP contribution in [0, 0.1) is 0 Å². The van der Waals surface area contributed by atoms with Gasteiger partial charge in [0.2, 0.25) is 0 Å². The van der Waals surface area contributed by atoms with Crippen molar-refractivity contribution in [3.05, 3.63) is 15.6 Å². The molecule has 1 unspecified atom stereocenters. The predicted octanol–water partition coefficient (Wildman–Crippen LogP) is 2.56. The highest BCUT2D eigenvalue weighted by atomic mass is 32.1. The average molecular weight is 266 g/mol. The third-order valence-electron chi connectivity index (χ3n) is 2.53. The molecule has 0 amide bonds. The normalized spacial score (nSPS) is 20.4. The summed E-state index contributed by atoms with van der Waals surface area (Å²) in [4.78, 5) is 5.34. The van der Waals surface area contributed by atoms with E-state index in [0.29, 0.717) is 5.01 Å². The van der Waals surface area contributed by atoms with Crippen LogP contribution < -0.4 is 5.73 Å². The van der Waals surface area contributed by atoms with E-state index >= 15 is 0 Å². The van der Waals surface area contributed by atoms with Crippen molar-refractivity contribution in [2.75, 3.05) is 6.61 Å². The number of alkyl halides is 3. The SMILES string of the molecule is NC1CCCc2sc(COCC(F)(F)F)nc21. The lowest BCUT2D eigenvalue weighted by molar-refractivity contribution is -0.176. The van der Waals surface area contributed by atoms with Gasteiger partial charge in [0.1, 0.15) is 11.6 Å². The van der Waals surface area contributed by atoms with Gasteiger partial charge in [-0.25, -0.2) is 4.98 Å². The van der Waals surface area contributed by atoms with Gasteiger partial charge in [-0.3, -0.25) is 0 Å². The van der Waals surface area contributed by atoms with E-state index in [1.165, 1.54) is 11.3 Å². The number of aryl methyl sites for hydroxylation is 1. The average Bonchev–Trinajstić information content (AvgIpc) is 2.60. The molecule has 1 aliphatic carbocycles. The molecular formula is C10H13F3N2OS. The van der Waals surface area contributed by atoms with Gasteiger partial charge < -0.3 is 10.5 Å². The highest BCUT2D eigenvalue weighted by Gasteiger charge is 2.28. The van der Waals surface area contributed by atoms with Gasteiger partial charge in [-0.15, -0.1) is 11.3 Å². The minimum absolute atomic E-state index is 0.0774. The Morgan fingerprint density at radius 1 is 1.47 bits per heavy atom. The molecule has 0 bridgehead atoms. The third-order valence-corrected chi connectivity index (χ3v) is 3.64. The van der Waals surface area contributed by atoms with Crippen LogP contribution in [0.4, 0.5) is 13.2 Å². The van der Waals surface area contributed by atoms with Crippen LogP contribution in [0.25, 0.3) is 0 Å². The van der Waals surface area contributed by atoms with Crippen LogP contribution in [0.15, 0.2) is 0 Å². The van der Waals surface area contributed by atoms with Gasteiger partial charge >= 0.3 is 6.18 Å². The Hall–Kier alpha value is -0.660. The first kappa shape index (κ1) is 12.8. The van der Waals surface area contributed by atoms with Crippen molar-refractivity contribution in [2.24, 2.45) is 5.73 Å². The molecule has 1 aromatic rings. The molecule has 0 aliphatic heterocycles. The maximum atomic E-state index is 11.9. The first-order chi connectivity index (χ1) is 7.96. The molecule has 0 spiro atoms. The third kappa shape index (κ3) is 3.40. The molecular weight excluding hydrogens is 253 g/mol. The molecule has 1 aromatic heterocycles. The van der Waals surface area contributed by atoms with Crippen LogP contribution in [-0.4, -0.2) is 17.8 Å². The van der Waals surface area contributed by atoms with E-state index < -0.39 is 12.8 Å². The maximum Gasteiger partial charge on any atom is 0.411 e. The van der Waals surface area contributed by atoms with Gasteiger partial charge in [0, 0.05) is 10.9 Å². The van der Waals surface area contributed by atoms with Crippen molar-refractivity contribution in [2.45, 2.75) is 38.1 Å². The summed E-state index contributed by atoms with van der Waals surface area (Å²) in [6.45, 7) is -1.33. The fraction of sp³-hybridized carbons (Fsp3) is 0.700. The minimum atomic E-state index is -4.28. The minimum Gasteiger partial charge on any atom is -0.365 e. The summed E-state index contributed by atoms with van der Waals surface area (Å²) < 4.78 is 40.2. The van der Waals surface area contributed by atoms with Gasteiger partial charge in [0.05, 0.1) is 12.3 Å². The van der Waals surface area contributed by atoms with Crippen LogP contribution >= 0.6 is 11.3 Å². The Bertz CT molecular complexity index is 391. The van der Waals surface area contributed by atoms with Crippen LogP contribution in [0.3, 0.4) is 0 Å². The first-order valence-electron chi connectivity index (χ1n) is 5.34. The van der Waals surface area contributed by atoms with E-state index in [4.69, 9.17) is 5.73 Å². The molecule has 0 fully saturated rings. The van der Waals surface area contributed by atoms with Crippen LogP contribution in [0.2, 0.25) is 0 Å². The molecule has 17 heavy (non-hydrogen) atoms. The predicted molar refractivity (Wildman–Crippen MR) is 57.7 cm³/mol. The molecule has 1 atom stereocenters. The number of rotatable bonds is 3. The zero-order valence-corrected chi connectivity index (χ0v) is 9.90. The molecule has 1 heterocycles. The highest BCUT2D eigenvalue weighted by molar-refractivity contribution is 7.11. The lowest BCUT2D eigenvalue weighted by Gasteiger charge is -2.15. The zero-order chi connectivity index (χ0) is 12.5. The highest BCUT2D eigenvalue weighted by Crippen LogP contribution is 2.32. The molecule has 2 N–H and O–H groups in total. The Morgan fingerprint density at radius 3 is 2.88 bits per heavy atom. The molecule has 0 radical (unpaired) electrons. The van der Waals surface area contributed by atoms with Crippen molar-refractivity contribution in [3.63, 3.8) is 0 Å². The fourth-order valence-electron chi connectivity index (χ4n) is 1.82. The van der Waals surface area contributed by atoms with Gasteiger partial charge in [0.25, 0.3) is 0 Å². The largest absolute Gasteiger partial charge is 0.411 e. The number of aromatic nitrogens is 1. The lowest BCUT2D eigenvalue weighted by Crippen LogP contribution is -2.17. The second-order valence-electron chi connectivity index (χ2n) is 4.02. The Labute approximate surface area is 101 Å². The van der Waals surface area contributed by atoms with Gasteiger partial charge in [-0.2, -0.15) is 13.2 Å². The van der Waals surface area contributed by atoms with Crippen LogP contribution in [-0.2, 0) is 17.8 Å². The Kier molecular flexibility index (Phi) is 3.70. The summed E-state index contributed by atoms with van der Waals surface area (Å²) in [5.74, 6) is 0. The summed E-state index contributed by atoms with van der Waals surface area (Å²) in [5.41, 5.74) is 6.72. The summed E-state index contributed by atoms with van der Waals surface area (Å²) in [5, 5.41) is 0.580. The Balaban J connectivity index is 1.94. The molecule has 96 valence electrons. The molecule has 2 rings (SSSR count). The van der Waals surface area contributed by atoms with Gasteiger partial charge in [0.15, 0.2) is 0 Å². The summed E-state index contributed by atoms with van der Waals surface area (Å²) in [6.07, 6.45) is -1.47. The van der Waals surface area contributed by atoms with E-state index in [2.05, 4.69) is 9.72 Å². The van der Waals surface area contributed by atoms with E-state index in [-0.39, 0.29) is 12.6 Å². The van der Waals surface area contributed by atoms with E-state index in [1.807, 2.05) is 0 Å². The van der Waals surface area contributed by atoms with Crippen molar-refractivity contribution in [3.8, 4) is 0 Å². The standard InChI is InChI=1S/C10H13F3N2OS/c11-10(12,13)5-16-4-8-15-9-6(14)2-1-3-7(9)17-8/h6H,1-5,14H2. The van der Waals surface area contributed by atoms with Crippen LogP contribution in [0.1, 0.15) is 34.5 Å². The quantitative estimate of drug-likeness (QED) is 0.914. The maximum absolute atomic E-state index is 11.9. The topological polar surface area (TPSA) is 48.1 Å². The van der Waals surface area contributed by atoms with Crippen molar-refractivity contribution < 1.29 is 17.9 Å². The number of hydrogen-bond acceptors (Lipinski definition) is 4. The molecule has 0 saturated carbocycles. The van der Waals surface area contributed by atoms with E-state index in [9.17, 15) is 13.2 Å². The second kappa shape index (κ2) is 4.91. The zero-order valence-electron chi connectivity index (χ0n) is 9.09. The molecule has 0 aromatic carbocycles. The molecule has 7 heteroatoms. The monoisotopic (exact) mass is 266 g/mol. The Morgan fingerprint density at radius 2 is 2.24 bits per heavy atom. The smallest absolute Gasteiger partial charge is 0.365 e. The summed E-state index contributed by atoms with van der Waals surface area (Å²) in [7, 11) is 0.